The molecule has 6 heteroatoms. The van der Waals surface area contributed by atoms with Crippen LogP contribution < -0.4 is 14.8 Å². The summed E-state index contributed by atoms with van der Waals surface area (Å²) in [5.41, 5.74) is 4.98. The van der Waals surface area contributed by atoms with Gasteiger partial charge in [0, 0.05) is 29.1 Å². The molecule has 4 rings (SSSR count). The van der Waals surface area contributed by atoms with Crippen LogP contribution in [0, 0.1) is 0 Å². The van der Waals surface area contributed by atoms with E-state index in [9.17, 15) is 4.79 Å². The Morgan fingerprint density at radius 1 is 1.00 bits per heavy atom. The Kier molecular flexibility index (Phi) is 7.73. The molecule has 0 radical (unpaired) electrons. The van der Waals surface area contributed by atoms with Crippen molar-refractivity contribution >= 4 is 23.3 Å². The maximum absolute atomic E-state index is 12.4. The molecule has 0 bridgehead atoms. The highest BCUT2D eigenvalue weighted by atomic mass is 32.1. The molecular weight excluding hydrogens is 444 g/mol. The molecule has 0 aliphatic heterocycles. The van der Waals surface area contributed by atoms with Crippen molar-refractivity contribution in [2.24, 2.45) is 0 Å². The molecule has 0 aliphatic carbocycles. The molecule has 3 aromatic carbocycles. The summed E-state index contributed by atoms with van der Waals surface area (Å²) in [5, 5.41) is 5.96. The van der Waals surface area contributed by atoms with Gasteiger partial charge in [0.1, 0.15) is 5.01 Å². The molecule has 5 nitrogen and oxygen atoms in total. The normalized spacial score (nSPS) is 10.9. The Morgan fingerprint density at radius 2 is 1.82 bits per heavy atom. The monoisotopic (exact) mass is 470 g/mol. The molecule has 0 spiro atoms. The van der Waals surface area contributed by atoms with E-state index in [4.69, 9.17) is 14.5 Å². The summed E-state index contributed by atoms with van der Waals surface area (Å²) in [6.45, 7) is 2.92. The lowest BCUT2D eigenvalue weighted by Gasteiger charge is -2.09. The molecule has 0 aliphatic rings. The molecule has 0 atom stereocenters. The van der Waals surface area contributed by atoms with Crippen LogP contribution in [0.5, 0.6) is 11.5 Å². The van der Waals surface area contributed by atoms with E-state index in [0.717, 1.165) is 33.0 Å². The van der Waals surface area contributed by atoms with Gasteiger partial charge in [0.25, 0.3) is 0 Å². The molecule has 0 unspecified atom stereocenters. The molecule has 172 valence electrons. The van der Waals surface area contributed by atoms with E-state index in [-0.39, 0.29) is 5.91 Å². The number of methoxy groups -OCH3 is 1. The number of carbonyl (C=O) groups excluding carboxylic acids is 1. The first-order valence-corrected chi connectivity index (χ1v) is 11.9. The number of hydrogen-bond acceptors (Lipinski definition) is 5. The first kappa shape index (κ1) is 23.3. The van der Waals surface area contributed by atoms with Gasteiger partial charge in [0.2, 0.25) is 5.91 Å². The Bertz CT molecular complexity index is 1280. The van der Waals surface area contributed by atoms with Crippen molar-refractivity contribution in [1.29, 1.82) is 0 Å². The molecule has 34 heavy (non-hydrogen) atoms. The van der Waals surface area contributed by atoms with E-state index in [1.54, 1.807) is 24.5 Å². The van der Waals surface area contributed by atoms with Crippen LogP contribution in [-0.4, -0.2) is 24.6 Å². The Labute approximate surface area is 203 Å². The lowest BCUT2D eigenvalue weighted by molar-refractivity contribution is -0.116. The third kappa shape index (κ3) is 5.91. The maximum atomic E-state index is 12.4. The second-order valence-electron chi connectivity index (χ2n) is 7.50. The summed E-state index contributed by atoms with van der Waals surface area (Å²) in [6.07, 6.45) is 3.27. The van der Waals surface area contributed by atoms with Crippen LogP contribution in [0.1, 0.15) is 18.1 Å². The van der Waals surface area contributed by atoms with Crippen molar-refractivity contribution < 1.29 is 14.3 Å². The highest BCUT2D eigenvalue weighted by molar-refractivity contribution is 7.13. The van der Waals surface area contributed by atoms with Crippen LogP contribution in [0.25, 0.3) is 27.9 Å². The van der Waals surface area contributed by atoms with Crippen molar-refractivity contribution in [3.63, 3.8) is 0 Å². The topological polar surface area (TPSA) is 60.5 Å². The van der Waals surface area contributed by atoms with Crippen LogP contribution in [-0.2, 0) is 11.3 Å². The molecular formula is C28H26N2O3S. The number of carbonyl (C=O) groups is 1. The number of aromatic nitrogens is 1. The second kappa shape index (κ2) is 11.3. The van der Waals surface area contributed by atoms with Crippen molar-refractivity contribution in [2.45, 2.75) is 13.5 Å². The zero-order chi connectivity index (χ0) is 23.8. The summed E-state index contributed by atoms with van der Waals surface area (Å²) >= 11 is 1.61. The fourth-order valence-electron chi connectivity index (χ4n) is 3.44. The molecule has 1 N–H and O–H groups in total. The summed E-state index contributed by atoms with van der Waals surface area (Å²) in [4.78, 5) is 17.1. The van der Waals surface area contributed by atoms with Gasteiger partial charge in [0.15, 0.2) is 11.5 Å². The van der Waals surface area contributed by atoms with Gasteiger partial charge in [0.05, 0.1) is 19.4 Å². The minimum atomic E-state index is -0.168. The average molecular weight is 471 g/mol. The number of thiazole rings is 1. The van der Waals surface area contributed by atoms with Gasteiger partial charge in [-0.05, 0) is 42.3 Å². The summed E-state index contributed by atoms with van der Waals surface area (Å²) in [6, 6.07) is 23.8. The summed E-state index contributed by atoms with van der Waals surface area (Å²) < 4.78 is 10.9. The molecule has 4 aromatic rings. The number of benzene rings is 3. The number of nitrogens with zero attached hydrogens (tertiary/aromatic N) is 1. The van der Waals surface area contributed by atoms with Gasteiger partial charge in [-0.15, -0.1) is 11.3 Å². The van der Waals surface area contributed by atoms with E-state index in [2.05, 4.69) is 28.9 Å². The van der Waals surface area contributed by atoms with Crippen LogP contribution in [0.15, 0.2) is 84.3 Å². The number of nitrogens with one attached hydrogen (secondary N) is 1. The smallest absolute Gasteiger partial charge is 0.244 e. The molecule has 0 saturated carbocycles. The molecule has 1 amide bonds. The molecule has 1 heterocycles. The Hall–Kier alpha value is -3.90. The number of amides is 1. The average Bonchev–Trinajstić information content (AvgIpc) is 3.38. The van der Waals surface area contributed by atoms with Gasteiger partial charge in [-0.25, -0.2) is 4.98 Å². The lowest BCUT2D eigenvalue weighted by atomic mass is 10.1. The second-order valence-corrected chi connectivity index (χ2v) is 8.36. The first-order chi connectivity index (χ1) is 16.7. The van der Waals surface area contributed by atoms with Crippen molar-refractivity contribution in [3.05, 3.63) is 95.4 Å². The van der Waals surface area contributed by atoms with E-state index < -0.39 is 0 Å². The quantitative estimate of drug-likeness (QED) is 0.295. The van der Waals surface area contributed by atoms with Crippen molar-refractivity contribution in [3.8, 4) is 33.3 Å². The third-order valence-electron chi connectivity index (χ3n) is 5.13. The summed E-state index contributed by atoms with van der Waals surface area (Å²) in [5.74, 6) is 1.15. The van der Waals surface area contributed by atoms with Crippen LogP contribution >= 0.6 is 11.3 Å². The standard InChI is InChI=1S/C28H26N2O3S/c1-3-33-25-14-12-20(17-26(25)32-2)13-15-27(31)29-18-21-8-7-11-23(16-21)28-30-24(19-34-28)22-9-5-4-6-10-22/h4-17,19H,3,18H2,1-2H3,(H,29,31)/b15-13+. The predicted molar refractivity (Wildman–Crippen MR) is 138 cm³/mol. The third-order valence-corrected chi connectivity index (χ3v) is 6.02. The van der Waals surface area contributed by atoms with Crippen molar-refractivity contribution in [1.82, 2.24) is 10.3 Å². The predicted octanol–water partition coefficient (Wildman–Crippen LogP) is 6.21. The molecule has 1 aromatic heterocycles. The first-order valence-electron chi connectivity index (χ1n) is 11.0. The number of ether oxygens (including phenoxy) is 2. The highest BCUT2D eigenvalue weighted by Gasteiger charge is 2.08. The van der Waals surface area contributed by atoms with E-state index in [1.165, 1.54) is 6.08 Å². The summed E-state index contributed by atoms with van der Waals surface area (Å²) in [7, 11) is 1.60. The SMILES string of the molecule is CCOc1ccc(/C=C/C(=O)NCc2cccc(-c3nc(-c4ccccc4)cs3)c2)cc1OC. The van der Waals surface area contributed by atoms with E-state index >= 15 is 0 Å². The van der Waals surface area contributed by atoms with Crippen molar-refractivity contribution in [2.75, 3.05) is 13.7 Å². The maximum Gasteiger partial charge on any atom is 0.244 e. The van der Waals surface area contributed by atoms with Gasteiger partial charge in [-0.1, -0.05) is 54.6 Å². The van der Waals surface area contributed by atoms with Crippen LogP contribution in [0.4, 0.5) is 0 Å². The van der Waals surface area contributed by atoms with Gasteiger partial charge >= 0.3 is 0 Å². The highest BCUT2D eigenvalue weighted by Crippen LogP contribution is 2.30. The minimum absolute atomic E-state index is 0.168. The van der Waals surface area contributed by atoms with E-state index in [1.807, 2.05) is 61.5 Å². The molecule has 0 saturated heterocycles. The zero-order valence-corrected chi connectivity index (χ0v) is 20.0. The van der Waals surface area contributed by atoms with Gasteiger partial charge in [-0.2, -0.15) is 0 Å². The van der Waals surface area contributed by atoms with E-state index in [0.29, 0.717) is 24.7 Å². The lowest BCUT2D eigenvalue weighted by Crippen LogP contribution is -2.20. The van der Waals surface area contributed by atoms with Crippen LogP contribution in [0.2, 0.25) is 0 Å². The fourth-order valence-corrected chi connectivity index (χ4v) is 4.27. The minimum Gasteiger partial charge on any atom is -0.493 e. The van der Waals surface area contributed by atoms with Gasteiger partial charge in [-0.3, -0.25) is 4.79 Å². The fraction of sp³-hybridized carbons (Fsp3) is 0.143. The van der Waals surface area contributed by atoms with Crippen LogP contribution in [0.3, 0.4) is 0 Å². The number of rotatable bonds is 9. The Morgan fingerprint density at radius 3 is 2.62 bits per heavy atom. The molecule has 0 fully saturated rings. The van der Waals surface area contributed by atoms with Gasteiger partial charge < -0.3 is 14.8 Å². The zero-order valence-electron chi connectivity index (χ0n) is 19.2. The Balaban J connectivity index is 1.38. The largest absolute Gasteiger partial charge is 0.493 e. The number of hydrogen-bond donors (Lipinski definition) is 1.